The van der Waals surface area contributed by atoms with E-state index in [0.29, 0.717) is 24.0 Å². The Bertz CT molecular complexity index is 1030. The predicted octanol–water partition coefficient (Wildman–Crippen LogP) is 3.27. The van der Waals surface area contributed by atoms with Crippen molar-refractivity contribution in [1.29, 1.82) is 0 Å². The summed E-state index contributed by atoms with van der Waals surface area (Å²) in [5.41, 5.74) is 2.72. The second-order valence-electron chi connectivity index (χ2n) is 7.44. The van der Waals surface area contributed by atoms with Gasteiger partial charge < -0.3 is 19.7 Å². The summed E-state index contributed by atoms with van der Waals surface area (Å²) >= 11 is 0. The van der Waals surface area contributed by atoms with Gasteiger partial charge in [-0.15, -0.1) is 0 Å². The Morgan fingerprint density at radius 1 is 1.34 bits per heavy atom. The van der Waals surface area contributed by atoms with Crippen molar-refractivity contribution in [2.45, 2.75) is 44.4 Å². The van der Waals surface area contributed by atoms with E-state index in [4.69, 9.17) is 4.74 Å². The zero-order valence-electron chi connectivity index (χ0n) is 16.3. The first-order valence-corrected chi connectivity index (χ1v) is 9.82. The molecule has 29 heavy (non-hydrogen) atoms. The van der Waals surface area contributed by atoms with Crippen molar-refractivity contribution in [2.24, 2.45) is 0 Å². The Balaban J connectivity index is 1.64. The minimum Gasteiger partial charge on any atom is -0.494 e. The summed E-state index contributed by atoms with van der Waals surface area (Å²) in [6, 6.07) is 8.19. The number of nitrogens with one attached hydrogen (secondary N) is 1. The minimum atomic E-state index is -0.513. The maximum Gasteiger partial charge on any atom is 0.255 e. The number of fused-ring (bicyclic) bond motifs is 1. The molecule has 6 nitrogen and oxygen atoms in total. The number of aliphatic hydroxyl groups is 1. The average Bonchev–Trinajstić information content (AvgIpc) is 3.10. The van der Waals surface area contributed by atoms with E-state index in [1.807, 2.05) is 16.7 Å². The molecule has 1 aliphatic rings. The van der Waals surface area contributed by atoms with E-state index >= 15 is 0 Å². The predicted molar refractivity (Wildman–Crippen MR) is 108 cm³/mol. The maximum absolute atomic E-state index is 13.7. The standard InChI is InChI=1S/C22H24FN3O3/c1-29-20-11-14(8-9-16(20)23)12-26-13-15(21-18(26)6-4-10-24-21)22(28)25-17-5-2-3-7-19(17)27/h4,6,8-11,13,17,19,27H,2-3,5,7,12H2,1H3,(H,25,28)/t17-,19?/m0/s1. The number of hydrogen-bond acceptors (Lipinski definition) is 4. The maximum atomic E-state index is 13.7. The number of aromatic nitrogens is 2. The van der Waals surface area contributed by atoms with Crippen molar-refractivity contribution in [3.05, 3.63) is 59.7 Å². The van der Waals surface area contributed by atoms with Crippen LogP contribution in [0.15, 0.2) is 42.7 Å². The molecule has 152 valence electrons. The van der Waals surface area contributed by atoms with E-state index in [1.165, 1.54) is 13.2 Å². The summed E-state index contributed by atoms with van der Waals surface area (Å²) in [5.74, 6) is -0.474. The Morgan fingerprint density at radius 2 is 2.17 bits per heavy atom. The fourth-order valence-corrected chi connectivity index (χ4v) is 3.94. The number of pyridine rings is 1. The molecule has 1 amide bonds. The molecule has 1 fully saturated rings. The number of aliphatic hydroxyl groups excluding tert-OH is 1. The molecule has 0 radical (unpaired) electrons. The van der Waals surface area contributed by atoms with Crippen LogP contribution in [0.1, 0.15) is 41.6 Å². The van der Waals surface area contributed by atoms with Gasteiger partial charge in [-0.1, -0.05) is 18.9 Å². The minimum absolute atomic E-state index is 0.182. The molecule has 1 unspecified atom stereocenters. The molecule has 2 N–H and O–H groups in total. The third kappa shape index (κ3) is 3.96. The fourth-order valence-electron chi connectivity index (χ4n) is 3.94. The van der Waals surface area contributed by atoms with Crippen molar-refractivity contribution in [3.8, 4) is 5.75 Å². The molecule has 2 aromatic heterocycles. The lowest BCUT2D eigenvalue weighted by atomic mass is 9.92. The van der Waals surface area contributed by atoms with Crippen molar-refractivity contribution < 1.29 is 19.0 Å². The zero-order valence-corrected chi connectivity index (χ0v) is 16.3. The average molecular weight is 397 g/mol. The smallest absolute Gasteiger partial charge is 0.255 e. The topological polar surface area (TPSA) is 76.4 Å². The lowest BCUT2D eigenvalue weighted by Gasteiger charge is -2.28. The quantitative estimate of drug-likeness (QED) is 0.693. The van der Waals surface area contributed by atoms with Crippen LogP contribution >= 0.6 is 0 Å². The van der Waals surface area contributed by atoms with Gasteiger partial charge in [0.05, 0.1) is 30.3 Å². The summed E-state index contributed by atoms with van der Waals surface area (Å²) in [7, 11) is 1.43. The van der Waals surface area contributed by atoms with Gasteiger partial charge in [-0.05, 0) is 42.7 Å². The van der Waals surface area contributed by atoms with Crippen molar-refractivity contribution in [3.63, 3.8) is 0 Å². The number of nitrogens with zero attached hydrogens (tertiary/aromatic N) is 2. The molecule has 0 saturated heterocycles. The van der Waals surface area contributed by atoms with Crippen LogP contribution in [0.2, 0.25) is 0 Å². The number of ether oxygens (including phenoxy) is 1. The molecule has 0 spiro atoms. The van der Waals surface area contributed by atoms with Crippen molar-refractivity contribution in [1.82, 2.24) is 14.9 Å². The lowest BCUT2D eigenvalue weighted by molar-refractivity contribution is 0.0718. The van der Waals surface area contributed by atoms with Gasteiger partial charge in [-0.3, -0.25) is 9.78 Å². The third-order valence-electron chi connectivity index (χ3n) is 5.49. The lowest BCUT2D eigenvalue weighted by Crippen LogP contribution is -2.45. The number of benzene rings is 1. The molecule has 7 heteroatoms. The van der Waals surface area contributed by atoms with Gasteiger partial charge in [0.2, 0.25) is 0 Å². The van der Waals surface area contributed by atoms with Crippen LogP contribution in [0.25, 0.3) is 11.0 Å². The molecule has 2 atom stereocenters. The molecule has 0 bridgehead atoms. The molecule has 0 aliphatic heterocycles. The Kier molecular flexibility index (Phi) is 5.49. The fraction of sp³-hybridized carbons (Fsp3) is 0.364. The number of carbonyl (C=O) groups is 1. The van der Waals surface area contributed by atoms with Gasteiger partial charge in [0.25, 0.3) is 5.91 Å². The van der Waals surface area contributed by atoms with Crippen LogP contribution in [0.4, 0.5) is 4.39 Å². The molecule has 2 heterocycles. The zero-order chi connectivity index (χ0) is 20.4. The molecular formula is C22H24FN3O3. The van der Waals surface area contributed by atoms with E-state index < -0.39 is 11.9 Å². The van der Waals surface area contributed by atoms with Gasteiger partial charge in [0.15, 0.2) is 11.6 Å². The molecule has 3 aromatic rings. The van der Waals surface area contributed by atoms with E-state index in [2.05, 4.69) is 10.3 Å². The van der Waals surface area contributed by atoms with Gasteiger partial charge >= 0.3 is 0 Å². The second-order valence-corrected chi connectivity index (χ2v) is 7.44. The highest BCUT2D eigenvalue weighted by molar-refractivity contribution is 6.05. The van der Waals surface area contributed by atoms with Crippen LogP contribution < -0.4 is 10.1 Å². The summed E-state index contributed by atoms with van der Waals surface area (Å²) < 4.78 is 20.7. The van der Waals surface area contributed by atoms with Crippen molar-refractivity contribution >= 4 is 16.9 Å². The molecule has 1 saturated carbocycles. The van der Waals surface area contributed by atoms with Gasteiger partial charge in [-0.2, -0.15) is 0 Å². The van der Waals surface area contributed by atoms with Crippen LogP contribution in [-0.2, 0) is 6.54 Å². The Labute approximate surface area is 168 Å². The molecule has 4 rings (SSSR count). The number of methoxy groups -OCH3 is 1. The molecule has 1 aliphatic carbocycles. The largest absolute Gasteiger partial charge is 0.494 e. The third-order valence-corrected chi connectivity index (χ3v) is 5.49. The van der Waals surface area contributed by atoms with Crippen LogP contribution in [-0.4, -0.2) is 39.8 Å². The van der Waals surface area contributed by atoms with Crippen LogP contribution in [0.3, 0.4) is 0 Å². The van der Waals surface area contributed by atoms with E-state index in [-0.39, 0.29) is 17.7 Å². The highest BCUT2D eigenvalue weighted by Gasteiger charge is 2.26. The number of carbonyl (C=O) groups excluding carboxylic acids is 1. The number of amides is 1. The highest BCUT2D eigenvalue weighted by atomic mass is 19.1. The second kappa shape index (κ2) is 8.21. The van der Waals surface area contributed by atoms with Crippen molar-refractivity contribution in [2.75, 3.05) is 7.11 Å². The molecular weight excluding hydrogens is 373 g/mol. The van der Waals surface area contributed by atoms with Crippen LogP contribution in [0.5, 0.6) is 5.75 Å². The Morgan fingerprint density at radius 3 is 2.97 bits per heavy atom. The number of halogens is 1. The first-order valence-electron chi connectivity index (χ1n) is 9.82. The molecule has 1 aromatic carbocycles. The monoisotopic (exact) mass is 397 g/mol. The normalized spacial score (nSPS) is 19.3. The van der Waals surface area contributed by atoms with Gasteiger partial charge in [-0.25, -0.2) is 4.39 Å². The van der Waals surface area contributed by atoms with E-state index in [0.717, 1.165) is 30.3 Å². The number of hydrogen-bond donors (Lipinski definition) is 2. The van der Waals surface area contributed by atoms with Crippen LogP contribution in [0, 0.1) is 5.82 Å². The summed E-state index contributed by atoms with van der Waals surface area (Å²) in [4.78, 5) is 17.3. The van der Waals surface area contributed by atoms with Gasteiger partial charge in [0.1, 0.15) is 5.52 Å². The Hall–Kier alpha value is -2.93. The first-order chi connectivity index (χ1) is 14.1. The van der Waals surface area contributed by atoms with E-state index in [1.54, 1.807) is 24.5 Å². The SMILES string of the molecule is COc1cc(Cn2cc(C(=O)N[C@H]3CCCCC3O)c3ncccc32)ccc1F. The first kappa shape index (κ1) is 19.4. The summed E-state index contributed by atoms with van der Waals surface area (Å²) in [6.45, 7) is 0.443. The summed E-state index contributed by atoms with van der Waals surface area (Å²) in [6.07, 6.45) is 6.36. The van der Waals surface area contributed by atoms with Gasteiger partial charge in [0, 0.05) is 18.9 Å². The highest BCUT2D eigenvalue weighted by Crippen LogP contribution is 2.24. The summed E-state index contributed by atoms with van der Waals surface area (Å²) in [5, 5.41) is 13.1. The number of rotatable bonds is 5. The van der Waals surface area contributed by atoms with E-state index in [9.17, 15) is 14.3 Å².